The first kappa shape index (κ1) is 24.1. The van der Waals surface area contributed by atoms with Gasteiger partial charge in [-0.15, -0.1) is 11.8 Å². The third kappa shape index (κ3) is 4.66. The summed E-state index contributed by atoms with van der Waals surface area (Å²) in [6.45, 7) is 10.7. The summed E-state index contributed by atoms with van der Waals surface area (Å²) in [4.78, 5) is 28.3. The molecule has 1 aliphatic heterocycles. The second-order valence-corrected chi connectivity index (χ2v) is 12.4. The van der Waals surface area contributed by atoms with Gasteiger partial charge in [0.15, 0.2) is 0 Å². The molecule has 2 amide bonds. The van der Waals surface area contributed by atoms with Gasteiger partial charge in [-0.1, -0.05) is 32.9 Å². The summed E-state index contributed by atoms with van der Waals surface area (Å²) in [6.07, 6.45) is 2.02. The van der Waals surface area contributed by atoms with Crippen molar-refractivity contribution in [2.45, 2.75) is 64.2 Å². The minimum Gasteiger partial charge on any atom is -0.352 e. The van der Waals surface area contributed by atoms with Crippen LogP contribution in [0.5, 0.6) is 0 Å². The standard InChI is InChI=1S/C27H32N4O2S2/c1-16-7-6-8-20(17(16)2)31-26-23(25(29-31)27(3,4)5)24(18-11-12-34-14-18)35-15-22(33)30(26)13-21(32)28-19-9-10-19/h6-8,11-12,14,19,24H,9-10,13,15H2,1-5H3,(H,28,32)/t24-/m1/s1. The maximum absolute atomic E-state index is 13.6. The van der Waals surface area contributed by atoms with Crippen molar-refractivity contribution in [3.8, 4) is 5.69 Å². The van der Waals surface area contributed by atoms with Crippen molar-refractivity contribution < 1.29 is 9.59 Å². The highest BCUT2D eigenvalue weighted by atomic mass is 32.2. The summed E-state index contributed by atoms with van der Waals surface area (Å²) in [7, 11) is 0. The molecule has 2 aliphatic rings. The first-order valence-electron chi connectivity index (χ1n) is 12.1. The highest BCUT2D eigenvalue weighted by Crippen LogP contribution is 2.49. The quantitative estimate of drug-likeness (QED) is 0.508. The number of thioether (sulfide) groups is 1. The lowest BCUT2D eigenvalue weighted by molar-refractivity contribution is -0.123. The van der Waals surface area contributed by atoms with Gasteiger partial charge in [-0.2, -0.15) is 16.4 Å². The lowest BCUT2D eigenvalue weighted by Gasteiger charge is -2.24. The zero-order valence-electron chi connectivity index (χ0n) is 20.9. The summed E-state index contributed by atoms with van der Waals surface area (Å²) < 4.78 is 1.92. The zero-order chi connectivity index (χ0) is 24.9. The van der Waals surface area contributed by atoms with Gasteiger partial charge < -0.3 is 5.32 Å². The van der Waals surface area contributed by atoms with Crippen LogP contribution in [0, 0.1) is 13.8 Å². The van der Waals surface area contributed by atoms with Crippen LogP contribution in [0.2, 0.25) is 0 Å². The molecule has 35 heavy (non-hydrogen) atoms. The summed E-state index contributed by atoms with van der Waals surface area (Å²) in [5, 5.41) is 12.4. The molecule has 0 radical (unpaired) electrons. The lowest BCUT2D eigenvalue weighted by Crippen LogP contribution is -2.43. The minimum atomic E-state index is -0.253. The molecular formula is C27H32N4O2S2. The van der Waals surface area contributed by atoms with Crippen LogP contribution in [0.25, 0.3) is 5.69 Å². The topological polar surface area (TPSA) is 67.2 Å². The average Bonchev–Trinajstić information content (AvgIpc) is 3.31. The maximum Gasteiger partial charge on any atom is 0.240 e. The Kier molecular flexibility index (Phi) is 6.30. The van der Waals surface area contributed by atoms with Crippen molar-refractivity contribution in [2.75, 3.05) is 17.2 Å². The number of nitrogens with one attached hydrogen (secondary N) is 1. The molecule has 0 spiro atoms. The van der Waals surface area contributed by atoms with Crippen molar-refractivity contribution >= 4 is 40.7 Å². The van der Waals surface area contributed by atoms with E-state index in [-0.39, 0.29) is 35.1 Å². The van der Waals surface area contributed by atoms with Gasteiger partial charge in [0, 0.05) is 17.0 Å². The lowest BCUT2D eigenvalue weighted by atomic mass is 9.87. The summed E-state index contributed by atoms with van der Waals surface area (Å²) in [5.41, 5.74) is 6.11. The van der Waals surface area contributed by atoms with E-state index in [2.05, 4.69) is 62.8 Å². The number of aromatic nitrogens is 2. The number of rotatable bonds is 5. The number of nitrogens with zero attached hydrogens (tertiary/aromatic N) is 3. The molecule has 1 atom stereocenters. The Morgan fingerprint density at radius 2 is 1.97 bits per heavy atom. The first-order chi connectivity index (χ1) is 16.6. The molecule has 1 N–H and O–H groups in total. The van der Waals surface area contributed by atoms with Gasteiger partial charge in [0.25, 0.3) is 0 Å². The van der Waals surface area contributed by atoms with Crippen molar-refractivity contribution in [1.82, 2.24) is 15.1 Å². The smallest absolute Gasteiger partial charge is 0.240 e. The predicted molar refractivity (Wildman–Crippen MR) is 144 cm³/mol. The highest BCUT2D eigenvalue weighted by Gasteiger charge is 2.40. The molecule has 0 saturated heterocycles. The fraction of sp³-hybridized carbons (Fsp3) is 0.444. The second-order valence-electron chi connectivity index (χ2n) is 10.5. The normalized spacial score (nSPS) is 18.4. The largest absolute Gasteiger partial charge is 0.352 e. The van der Waals surface area contributed by atoms with Crippen molar-refractivity contribution in [1.29, 1.82) is 0 Å². The number of carbonyl (C=O) groups excluding carboxylic acids is 2. The van der Waals surface area contributed by atoms with Gasteiger partial charge in [-0.05, 0) is 66.3 Å². The van der Waals surface area contributed by atoms with E-state index in [9.17, 15) is 9.59 Å². The van der Waals surface area contributed by atoms with Gasteiger partial charge in [-0.25, -0.2) is 4.68 Å². The third-order valence-corrected chi connectivity index (χ3v) is 8.65. The van der Waals surface area contributed by atoms with Crippen molar-refractivity contribution in [2.24, 2.45) is 0 Å². The van der Waals surface area contributed by atoms with E-state index in [1.54, 1.807) is 28.0 Å². The molecule has 2 aromatic heterocycles. The number of benzene rings is 1. The SMILES string of the molecule is Cc1cccc(-n2nc(C(C)(C)C)c3c2N(CC(=O)NC2CC2)C(=O)CS[C@@H]3c2ccsc2)c1C. The molecule has 1 fully saturated rings. The average molecular weight is 509 g/mol. The highest BCUT2D eigenvalue weighted by molar-refractivity contribution is 8.00. The molecule has 1 saturated carbocycles. The van der Waals surface area contributed by atoms with Crippen LogP contribution in [0.4, 0.5) is 5.82 Å². The molecule has 8 heteroatoms. The van der Waals surface area contributed by atoms with Crippen molar-refractivity contribution in [3.05, 3.63) is 63.0 Å². The monoisotopic (exact) mass is 508 g/mol. The van der Waals surface area contributed by atoms with Crippen LogP contribution < -0.4 is 10.2 Å². The van der Waals surface area contributed by atoms with E-state index in [4.69, 9.17) is 5.10 Å². The second kappa shape index (κ2) is 9.13. The van der Waals surface area contributed by atoms with Crippen LogP contribution in [0.1, 0.15) is 66.8 Å². The van der Waals surface area contributed by atoms with Crippen LogP contribution in [0.15, 0.2) is 35.0 Å². The number of hydrogen-bond donors (Lipinski definition) is 1. The number of carbonyl (C=O) groups is 2. The van der Waals surface area contributed by atoms with Crippen LogP contribution in [-0.2, 0) is 15.0 Å². The number of hydrogen-bond acceptors (Lipinski definition) is 5. The van der Waals surface area contributed by atoms with Gasteiger partial charge in [0.1, 0.15) is 12.4 Å². The van der Waals surface area contributed by atoms with Gasteiger partial charge in [0.05, 0.1) is 22.4 Å². The van der Waals surface area contributed by atoms with E-state index >= 15 is 0 Å². The first-order valence-corrected chi connectivity index (χ1v) is 14.1. The Bertz CT molecular complexity index is 1270. The van der Waals surface area contributed by atoms with Crippen LogP contribution in [-0.4, -0.2) is 39.9 Å². The van der Waals surface area contributed by atoms with Gasteiger partial charge in [-0.3, -0.25) is 14.5 Å². The Morgan fingerprint density at radius 1 is 1.20 bits per heavy atom. The molecule has 1 aromatic carbocycles. The van der Waals surface area contributed by atoms with Crippen LogP contribution in [0.3, 0.4) is 0 Å². The van der Waals surface area contributed by atoms with E-state index in [0.29, 0.717) is 5.75 Å². The molecule has 5 rings (SSSR count). The Morgan fingerprint density at radius 3 is 2.63 bits per heavy atom. The predicted octanol–water partition coefficient (Wildman–Crippen LogP) is 5.30. The molecule has 3 heterocycles. The zero-order valence-corrected chi connectivity index (χ0v) is 22.6. The fourth-order valence-corrected chi connectivity index (χ4v) is 6.50. The van der Waals surface area contributed by atoms with Crippen LogP contribution >= 0.6 is 23.1 Å². The number of anilines is 1. The molecule has 0 bridgehead atoms. The van der Waals surface area contributed by atoms with E-state index < -0.39 is 0 Å². The van der Waals surface area contributed by atoms with Gasteiger partial charge in [0.2, 0.25) is 11.8 Å². The van der Waals surface area contributed by atoms with E-state index in [1.807, 2.05) is 16.8 Å². The molecule has 3 aromatic rings. The molecular weight excluding hydrogens is 476 g/mol. The Labute approximate surface area is 215 Å². The molecule has 184 valence electrons. The molecule has 6 nitrogen and oxygen atoms in total. The summed E-state index contributed by atoms with van der Waals surface area (Å²) >= 11 is 3.28. The maximum atomic E-state index is 13.6. The number of fused-ring (bicyclic) bond motifs is 1. The Balaban J connectivity index is 1.77. The summed E-state index contributed by atoms with van der Waals surface area (Å²) in [6, 6.07) is 8.53. The number of amides is 2. The van der Waals surface area contributed by atoms with E-state index in [0.717, 1.165) is 46.7 Å². The Hall–Kier alpha value is -2.58. The third-order valence-electron chi connectivity index (χ3n) is 6.69. The summed E-state index contributed by atoms with van der Waals surface area (Å²) in [5.74, 6) is 0.854. The minimum absolute atomic E-state index is 0.000605. The number of aryl methyl sites for hydroxylation is 1. The number of thiophene rings is 1. The van der Waals surface area contributed by atoms with Gasteiger partial charge >= 0.3 is 0 Å². The van der Waals surface area contributed by atoms with Crippen molar-refractivity contribution in [3.63, 3.8) is 0 Å². The molecule has 0 unspecified atom stereocenters. The van der Waals surface area contributed by atoms with E-state index in [1.165, 1.54) is 5.56 Å². The molecule has 1 aliphatic carbocycles. The fourth-order valence-electron chi connectivity index (χ4n) is 4.54.